The van der Waals surface area contributed by atoms with Gasteiger partial charge in [-0.3, -0.25) is 14.6 Å². The molecule has 0 spiro atoms. The molecule has 0 atom stereocenters. The second-order valence-corrected chi connectivity index (χ2v) is 7.99. The largest absolute Gasteiger partial charge is 0.493 e. The van der Waals surface area contributed by atoms with Crippen LogP contribution in [0, 0.1) is 0 Å². The van der Waals surface area contributed by atoms with Crippen LogP contribution in [-0.4, -0.2) is 60.4 Å². The van der Waals surface area contributed by atoms with Crippen LogP contribution in [-0.2, 0) is 0 Å². The molecule has 162 valence electrons. The minimum Gasteiger partial charge on any atom is -0.493 e. The van der Waals surface area contributed by atoms with Crippen LogP contribution < -0.4 is 26.1 Å². The fourth-order valence-corrected chi connectivity index (χ4v) is 4.15. The average Bonchev–Trinajstić information content (AvgIpc) is 2.76. The van der Waals surface area contributed by atoms with Gasteiger partial charge in [0.2, 0.25) is 0 Å². The number of hydrogen-bond donors (Lipinski definition) is 3. The summed E-state index contributed by atoms with van der Waals surface area (Å²) >= 11 is 1.44. The molecule has 30 heavy (non-hydrogen) atoms. The molecule has 1 aromatic carbocycles. The van der Waals surface area contributed by atoms with Gasteiger partial charge in [-0.1, -0.05) is 18.2 Å². The Bertz CT molecular complexity index is 943. The fraction of sp³-hybridized carbons (Fsp3) is 0.450. The van der Waals surface area contributed by atoms with Crippen LogP contribution in [0.1, 0.15) is 29.6 Å². The van der Waals surface area contributed by atoms with Crippen LogP contribution in [0.15, 0.2) is 28.2 Å². The van der Waals surface area contributed by atoms with Gasteiger partial charge in [-0.2, -0.15) is 0 Å². The Morgan fingerprint density at radius 1 is 1.23 bits per heavy atom. The molecule has 2 heterocycles. The van der Waals surface area contributed by atoms with Gasteiger partial charge in [0.25, 0.3) is 11.5 Å². The van der Waals surface area contributed by atoms with Gasteiger partial charge in [0.05, 0.1) is 14.2 Å². The highest BCUT2D eigenvalue weighted by molar-refractivity contribution is 7.99. The van der Waals surface area contributed by atoms with Crippen LogP contribution in [0.5, 0.6) is 11.5 Å². The monoisotopic (exact) mass is 433 g/mol. The molecule has 1 aliphatic heterocycles. The number of piperidine rings is 1. The van der Waals surface area contributed by atoms with E-state index in [1.54, 1.807) is 12.1 Å². The Morgan fingerprint density at radius 2 is 1.97 bits per heavy atom. The van der Waals surface area contributed by atoms with E-state index in [9.17, 15) is 9.59 Å². The lowest BCUT2D eigenvalue weighted by Crippen LogP contribution is -2.31. The Kier molecular flexibility index (Phi) is 7.58. The average molecular weight is 434 g/mol. The van der Waals surface area contributed by atoms with Gasteiger partial charge < -0.3 is 25.4 Å². The maximum atomic E-state index is 12.6. The topological polar surface area (TPSA) is 123 Å². The van der Waals surface area contributed by atoms with E-state index in [-0.39, 0.29) is 11.5 Å². The number of benzene rings is 1. The molecule has 0 radical (unpaired) electrons. The SMILES string of the molecule is COc1ccc(C(=O)Nc2c(N)nc(SCCN3CCCCC3)[nH]c2=O)cc1OC. The summed E-state index contributed by atoms with van der Waals surface area (Å²) in [7, 11) is 2.99. The third-order valence-corrected chi connectivity index (χ3v) is 5.76. The number of nitrogens with two attached hydrogens (primary N) is 1. The number of H-pyrrole nitrogens is 1. The summed E-state index contributed by atoms with van der Waals surface area (Å²) in [5.74, 6) is 1.19. The lowest BCUT2D eigenvalue weighted by atomic mass is 10.1. The Balaban J connectivity index is 1.65. The smallest absolute Gasteiger partial charge is 0.277 e. The second kappa shape index (κ2) is 10.4. The standard InChI is InChI=1S/C20H27N5O4S/c1-28-14-7-6-13(12-15(14)29-2)18(26)22-16-17(21)23-20(24-19(16)27)30-11-10-25-8-4-3-5-9-25/h6-7,12H,3-5,8-11H2,1-2H3,(H,22,26)(H3,21,23,24,27). The van der Waals surface area contributed by atoms with E-state index in [1.807, 2.05) is 0 Å². The summed E-state index contributed by atoms with van der Waals surface area (Å²) in [6.07, 6.45) is 3.77. The molecule has 0 saturated carbocycles. The van der Waals surface area contributed by atoms with Crippen molar-refractivity contribution in [2.75, 3.05) is 50.7 Å². The first-order valence-corrected chi connectivity index (χ1v) is 10.8. The predicted octanol–water partition coefficient (Wildman–Crippen LogP) is 2.20. The first kappa shape index (κ1) is 22.0. The number of anilines is 2. The number of amides is 1. The predicted molar refractivity (Wildman–Crippen MR) is 118 cm³/mol. The van der Waals surface area contributed by atoms with Crippen molar-refractivity contribution in [3.05, 3.63) is 34.1 Å². The molecular weight excluding hydrogens is 406 g/mol. The number of aromatic nitrogens is 2. The number of hydrogen-bond acceptors (Lipinski definition) is 8. The quantitative estimate of drug-likeness (QED) is 0.428. The van der Waals surface area contributed by atoms with Crippen molar-refractivity contribution in [1.29, 1.82) is 0 Å². The summed E-state index contributed by atoms with van der Waals surface area (Å²) in [5, 5.41) is 2.98. The summed E-state index contributed by atoms with van der Waals surface area (Å²) in [6, 6.07) is 4.71. The number of likely N-dealkylation sites (tertiary alicyclic amines) is 1. The highest BCUT2D eigenvalue weighted by Crippen LogP contribution is 2.28. The third-order valence-electron chi connectivity index (χ3n) is 4.90. The fourth-order valence-electron chi connectivity index (χ4n) is 3.28. The van der Waals surface area contributed by atoms with Crippen LogP contribution in [0.25, 0.3) is 0 Å². The second-order valence-electron chi connectivity index (χ2n) is 6.91. The molecule has 0 unspecified atom stereocenters. The Morgan fingerprint density at radius 3 is 2.63 bits per heavy atom. The highest BCUT2D eigenvalue weighted by atomic mass is 32.2. The number of aromatic amines is 1. The molecule has 1 saturated heterocycles. The molecule has 1 aliphatic rings. The molecule has 1 fully saturated rings. The first-order valence-electron chi connectivity index (χ1n) is 9.80. The zero-order valence-corrected chi connectivity index (χ0v) is 18.0. The number of nitrogens with one attached hydrogen (secondary N) is 2. The third kappa shape index (κ3) is 5.45. The Hall–Kier alpha value is -2.72. The molecule has 0 aliphatic carbocycles. The number of carbonyl (C=O) groups excluding carboxylic acids is 1. The minimum atomic E-state index is -0.500. The van der Waals surface area contributed by atoms with Crippen LogP contribution in [0.2, 0.25) is 0 Å². The number of methoxy groups -OCH3 is 2. The van der Waals surface area contributed by atoms with Crippen LogP contribution in [0.4, 0.5) is 11.5 Å². The van der Waals surface area contributed by atoms with Gasteiger partial charge in [0.15, 0.2) is 22.5 Å². The molecule has 10 heteroatoms. The van der Waals surface area contributed by atoms with Crippen LogP contribution in [0.3, 0.4) is 0 Å². The number of rotatable bonds is 8. The molecule has 4 N–H and O–H groups in total. The Labute approximate surface area is 179 Å². The number of ether oxygens (including phenoxy) is 2. The van der Waals surface area contributed by atoms with E-state index >= 15 is 0 Å². The first-order chi connectivity index (χ1) is 14.5. The van der Waals surface area contributed by atoms with Crippen molar-refractivity contribution >= 4 is 29.2 Å². The van der Waals surface area contributed by atoms with Crippen molar-refractivity contribution in [2.24, 2.45) is 0 Å². The van der Waals surface area contributed by atoms with Crippen molar-refractivity contribution in [2.45, 2.75) is 24.4 Å². The lowest BCUT2D eigenvalue weighted by molar-refractivity contribution is 0.102. The van der Waals surface area contributed by atoms with E-state index < -0.39 is 11.5 Å². The maximum absolute atomic E-state index is 12.6. The molecule has 2 aromatic rings. The van der Waals surface area contributed by atoms with E-state index in [2.05, 4.69) is 20.2 Å². The van der Waals surface area contributed by atoms with Crippen molar-refractivity contribution in [1.82, 2.24) is 14.9 Å². The van der Waals surface area contributed by atoms with Gasteiger partial charge in [0, 0.05) is 17.9 Å². The van der Waals surface area contributed by atoms with Crippen LogP contribution >= 0.6 is 11.8 Å². The van der Waals surface area contributed by atoms with Crippen molar-refractivity contribution in [3.63, 3.8) is 0 Å². The number of nitrogens with zero attached hydrogens (tertiary/aromatic N) is 2. The van der Waals surface area contributed by atoms with Crippen molar-refractivity contribution < 1.29 is 14.3 Å². The summed E-state index contributed by atoms with van der Waals surface area (Å²) in [5.41, 5.74) is 5.69. The molecule has 9 nitrogen and oxygen atoms in total. The van der Waals surface area contributed by atoms with E-state index in [0.717, 1.165) is 25.4 Å². The highest BCUT2D eigenvalue weighted by Gasteiger charge is 2.16. The van der Waals surface area contributed by atoms with Gasteiger partial charge in [0.1, 0.15) is 5.69 Å². The van der Waals surface area contributed by atoms with Gasteiger partial charge in [-0.25, -0.2) is 4.98 Å². The van der Waals surface area contributed by atoms with Gasteiger partial charge in [-0.05, 0) is 44.1 Å². The molecule has 1 aromatic heterocycles. The summed E-state index contributed by atoms with van der Waals surface area (Å²) < 4.78 is 10.4. The molecule has 0 bridgehead atoms. The van der Waals surface area contributed by atoms with E-state index in [0.29, 0.717) is 22.2 Å². The number of carbonyl (C=O) groups is 1. The van der Waals surface area contributed by atoms with E-state index in [1.165, 1.54) is 51.3 Å². The van der Waals surface area contributed by atoms with E-state index in [4.69, 9.17) is 15.2 Å². The molecule has 1 amide bonds. The molecule has 3 rings (SSSR count). The summed E-state index contributed by atoms with van der Waals surface area (Å²) in [6.45, 7) is 3.17. The number of thioether (sulfide) groups is 1. The van der Waals surface area contributed by atoms with Gasteiger partial charge >= 0.3 is 0 Å². The van der Waals surface area contributed by atoms with Gasteiger partial charge in [-0.15, -0.1) is 0 Å². The molecular formula is C20H27N5O4S. The zero-order valence-electron chi connectivity index (χ0n) is 17.2. The maximum Gasteiger partial charge on any atom is 0.277 e. The van der Waals surface area contributed by atoms with Crippen molar-refractivity contribution in [3.8, 4) is 11.5 Å². The number of nitrogen functional groups attached to an aromatic ring is 1. The lowest BCUT2D eigenvalue weighted by Gasteiger charge is -2.25. The zero-order chi connectivity index (χ0) is 21.5. The minimum absolute atomic E-state index is 0.0203. The summed E-state index contributed by atoms with van der Waals surface area (Å²) in [4.78, 5) is 34.4. The normalized spacial score (nSPS) is 14.3.